The van der Waals surface area contributed by atoms with Gasteiger partial charge in [0.1, 0.15) is 10.9 Å². The van der Waals surface area contributed by atoms with Crippen molar-refractivity contribution in [3.05, 3.63) is 99.0 Å². The number of benzene rings is 3. The Balaban J connectivity index is 1.82. The average Bonchev–Trinajstić information content (AvgIpc) is 2.75. The van der Waals surface area contributed by atoms with E-state index in [2.05, 4.69) is 10.0 Å². The van der Waals surface area contributed by atoms with Crippen LogP contribution in [0.5, 0.6) is 0 Å². The van der Waals surface area contributed by atoms with Gasteiger partial charge in [-0.05, 0) is 47.9 Å². The minimum Gasteiger partial charge on any atom is -0.351 e. The Morgan fingerprint density at radius 3 is 2.16 bits per heavy atom. The number of carbonyl (C=O) groups excluding carboxylic acids is 1. The molecule has 1 amide bonds. The number of nitrogens with one attached hydrogen (secondary N) is 2. The van der Waals surface area contributed by atoms with E-state index in [0.29, 0.717) is 5.02 Å². The smallest absolute Gasteiger partial charge is 0.242 e. The van der Waals surface area contributed by atoms with Gasteiger partial charge in [0.2, 0.25) is 15.9 Å². The van der Waals surface area contributed by atoms with Crippen LogP contribution in [0.15, 0.2) is 77.7 Å². The predicted octanol–water partition coefficient (Wildman–Crippen LogP) is 4.85. The summed E-state index contributed by atoms with van der Waals surface area (Å²) in [7, 11) is -4.11. The molecule has 0 unspecified atom stereocenters. The molecular formula is C22H19Cl3N2O3S. The van der Waals surface area contributed by atoms with E-state index >= 15 is 0 Å². The van der Waals surface area contributed by atoms with Gasteiger partial charge in [-0.1, -0.05) is 77.3 Å². The summed E-state index contributed by atoms with van der Waals surface area (Å²) in [5.41, 5.74) is 1.63. The van der Waals surface area contributed by atoms with Gasteiger partial charge in [0.25, 0.3) is 0 Å². The van der Waals surface area contributed by atoms with Gasteiger partial charge in [0.05, 0.1) is 5.02 Å². The van der Waals surface area contributed by atoms with Crippen LogP contribution in [0.25, 0.3) is 0 Å². The van der Waals surface area contributed by atoms with E-state index in [1.165, 1.54) is 18.2 Å². The monoisotopic (exact) mass is 496 g/mol. The molecule has 31 heavy (non-hydrogen) atoms. The number of sulfonamides is 1. The number of amides is 1. The van der Waals surface area contributed by atoms with Crippen LogP contribution in [0, 0.1) is 0 Å². The van der Waals surface area contributed by atoms with Crippen molar-refractivity contribution in [3.8, 4) is 0 Å². The number of hydrogen-bond donors (Lipinski definition) is 2. The summed E-state index contributed by atoms with van der Waals surface area (Å²) < 4.78 is 28.4. The molecule has 9 heteroatoms. The second-order valence-electron chi connectivity index (χ2n) is 6.78. The fourth-order valence-electron chi connectivity index (χ4n) is 2.89. The topological polar surface area (TPSA) is 75.3 Å². The van der Waals surface area contributed by atoms with Crippen LogP contribution in [-0.2, 0) is 27.8 Å². The van der Waals surface area contributed by atoms with Crippen molar-refractivity contribution < 1.29 is 13.2 Å². The third-order valence-electron chi connectivity index (χ3n) is 4.46. The zero-order chi connectivity index (χ0) is 22.4. The summed E-state index contributed by atoms with van der Waals surface area (Å²) in [6.07, 6.45) is 0.157. The van der Waals surface area contributed by atoms with E-state index in [-0.39, 0.29) is 27.9 Å². The van der Waals surface area contributed by atoms with Gasteiger partial charge in [-0.25, -0.2) is 8.42 Å². The van der Waals surface area contributed by atoms with Crippen molar-refractivity contribution >= 4 is 50.7 Å². The molecule has 0 heterocycles. The van der Waals surface area contributed by atoms with Crippen molar-refractivity contribution in [3.63, 3.8) is 0 Å². The molecule has 0 fully saturated rings. The van der Waals surface area contributed by atoms with Crippen LogP contribution < -0.4 is 10.0 Å². The molecule has 5 nitrogen and oxygen atoms in total. The predicted molar refractivity (Wildman–Crippen MR) is 124 cm³/mol. The first kappa shape index (κ1) is 23.6. The van der Waals surface area contributed by atoms with E-state index in [9.17, 15) is 13.2 Å². The maximum Gasteiger partial charge on any atom is 0.242 e. The van der Waals surface area contributed by atoms with Gasteiger partial charge < -0.3 is 5.32 Å². The lowest BCUT2D eigenvalue weighted by molar-refractivity contribution is -0.122. The van der Waals surface area contributed by atoms with Crippen molar-refractivity contribution in [2.24, 2.45) is 0 Å². The van der Waals surface area contributed by atoms with Crippen LogP contribution in [0.3, 0.4) is 0 Å². The van der Waals surface area contributed by atoms with Gasteiger partial charge in [-0.15, -0.1) is 0 Å². The maximum absolute atomic E-state index is 13.0. The molecule has 0 radical (unpaired) electrons. The molecule has 3 aromatic rings. The normalized spacial score (nSPS) is 12.4. The van der Waals surface area contributed by atoms with E-state index in [0.717, 1.165) is 11.1 Å². The highest BCUT2D eigenvalue weighted by Gasteiger charge is 2.27. The highest BCUT2D eigenvalue weighted by Crippen LogP contribution is 2.25. The van der Waals surface area contributed by atoms with Gasteiger partial charge >= 0.3 is 0 Å². The Bertz CT molecular complexity index is 1150. The van der Waals surface area contributed by atoms with Crippen LogP contribution in [0.1, 0.15) is 11.1 Å². The zero-order valence-electron chi connectivity index (χ0n) is 16.2. The lowest BCUT2D eigenvalue weighted by Gasteiger charge is -2.19. The molecule has 162 valence electrons. The highest BCUT2D eigenvalue weighted by atomic mass is 35.5. The number of rotatable bonds is 8. The van der Waals surface area contributed by atoms with Gasteiger partial charge in [0.15, 0.2) is 0 Å². The fourth-order valence-corrected chi connectivity index (χ4v) is 4.97. The largest absolute Gasteiger partial charge is 0.351 e. The minimum absolute atomic E-state index is 0.0110. The van der Waals surface area contributed by atoms with Crippen LogP contribution in [0.2, 0.25) is 15.1 Å². The van der Waals surface area contributed by atoms with Gasteiger partial charge in [-0.2, -0.15) is 4.72 Å². The van der Waals surface area contributed by atoms with E-state index in [4.69, 9.17) is 34.8 Å². The molecule has 0 spiro atoms. The first-order chi connectivity index (χ1) is 14.7. The van der Waals surface area contributed by atoms with E-state index < -0.39 is 22.0 Å². The highest BCUT2D eigenvalue weighted by molar-refractivity contribution is 7.89. The lowest BCUT2D eigenvalue weighted by Crippen LogP contribution is -2.47. The van der Waals surface area contributed by atoms with E-state index in [1.54, 1.807) is 24.3 Å². The van der Waals surface area contributed by atoms with Gasteiger partial charge in [-0.3, -0.25) is 4.79 Å². The van der Waals surface area contributed by atoms with Crippen LogP contribution in [-0.4, -0.2) is 20.4 Å². The molecule has 0 saturated heterocycles. The minimum atomic E-state index is -4.11. The Hall–Kier alpha value is -2.09. The Morgan fingerprint density at radius 1 is 0.839 bits per heavy atom. The van der Waals surface area contributed by atoms with Crippen molar-refractivity contribution in [2.45, 2.75) is 23.9 Å². The molecule has 3 aromatic carbocycles. The summed E-state index contributed by atoms with van der Waals surface area (Å²) in [4.78, 5) is 12.7. The quantitative estimate of drug-likeness (QED) is 0.467. The Labute approximate surface area is 196 Å². The first-order valence-electron chi connectivity index (χ1n) is 9.28. The molecule has 0 saturated carbocycles. The zero-order valence-corrected chi connectivity index (χ0v) is 19.3. The standard InChI is InChI=1S/C22H19Cl3N2O3S/c23-17-8-6-16(7-9-17)14-26-22(28)20(12-15-4-2-1-3-5-15)27-31(29,30)21-13-18(24)10-11-19(21)25/h1-11,13,20,27H,12,14H2,(H,26,28)/t20-/m1/s1. The summed E-state index contributed by atoms with van der Waals surface area (Å²) in [5, 5.41) is 3.59. The fraction of sp³-hybridized carbons (Fsp3) is 0.136. The van der Waals surface area contributed by atoms with Crippen LogP contribution >= 0.6 is 34.8 Å². The SMILES string of the molecule is O=C(NCc1ccc(Cl)cc1)[C@@H](Cc1ccccc1)NS(=O)(=O)c1cc(Cl)ccc1Cl. The summed E-state index contributed by atoms with van der Waals surface area (Å²) in [5.74, 6) is -0.472. The second-order valence-corrected chi connectivity index (χ2v) is 9.75. The summed E-state index contributed by atoms with van der Waals surface area (Å²) >= 11 is 17.9. The van der Waals surface area contributed by atoms with Crippen molar-refractivity contribution in [2.75, 3.05) is 0 Å². The second kappa shape index (κ2) is 10.5. The van der Waals surface area contributed by atoms with E-state index in [1.807, 2.05) is 30.3 Å². The number of halogens is 3. The summed E-state index contributed by atoms with van der Waals surface area (Å²) in [6, 6.07) is 19.2. The van der Waals surface area contributed by atoms with Crippen LogP contribution in [0.4, 0.5) is 0 Å². The molecule has 0 aliphatic heterocycles. The molecule has 3 rings (SSSR count). The number of carbonyl (C=O) groups is 1. The third kappa shape index (κ3) is 6.69. The van der Waals surface area contributed by atoms with Crippen molar-refractivity contribution in [1.29, 1.82) is 0 Å². The lowest BCUT2D eigenvalue weighted by atomic mass is 10.1. The molecular weight excluding hydrogens is 479 g/mol. The van der Waals surface area contributed by atoms with Gasteiger partial charge in [0, 0.05) is 16.6 Å². The number of hydrogen-bond acceptors (Lipinski definition) is 3. The Morgan fingerprint density at radius 2 is 1.48 bits per heavy atom. The molecule has 0 aliphatic carbocycles. The first-order valence-corrected chi connectivity index (χ1v) is 11.9. The molecule has 1 atom stereocenters. The third-order valence-corrected chi connectivity index (χ3v) is 6.90. The molecule has 0 aromatic heterocycles. The summed E-state index contributed by atoms with van der Waals surface area (Å²) in [6.45, 7) is 0.223. The average molecular weight is 498 g/mol. The Kier molecular flexibility index (Phi) is 7.97. The van der Waals surface area contributed by atoms with Crippen molar-refractivity contribution in [1.82, 2.24) is 10.0 Å². The molecule has 2 N–H and O–H groups in total. The maximum atomic E-state index is 13.0. The molecule has 0 bridgehead atoms. The molecule has 0 aliphatic rings.